The maximum Gasteiger partial charge on any atom is 0.223 e. The van der Waals surface area contributed by atoms with E-state index in [0.29, 0.717) is 0 Å². The third-order valence-corrected chi connectivity index (χ3v) is 3.26. The molecule has 0 aromatic rings. The summed E-state index contributed by atoms with van der Waals surface area (Å²) < 4.78 is 5.00. The van der Waals surface area contributed by atoms with Gasteiger partial charge in [-0.15, -0.1) is 0 Å². The molecule has 9 heteroatoms. The molecule has 0 bridgehead atoms. The molecule has 126 valence electrons. The zero-order chi connectivity index (χ0) is 17.0. The summed E-state index contributed by atoms with van der Waals surface area (Å²) in [5, 5.41) is 51.5. The highest BCUT2D eigenvalue weighted by Crippen LogP contribution is 2.22. The highest BCUT2D eigenvalue weighted by atomic mass is 16.5. The van der Waals surface area contributed by atoms with Crippen LogP contribution in [0.1, 0.15) is 13.8 Å². The van der Waals surface area contributed by atoms with E-state index in [9.17, 15) is 30.0 Å². The zero-order valence-electron chi connectivity index (χ0n) is 12.2. The van der Waals surface area contributed by atoms with E-state index in [1.54, 1.807) is 13.8 Å². The second-order valence-corrected chi connectivity index (χ2v) is 5.32. The summed E-state index contributed by atoms with van der Waals surface area (Å²) in [6.45, 7) is 2.38. The van der Waals surface area contributed by atoms with Crippen molar-refractivity contribution in [3.8, 4) is 0 Å². The fraction of sp³-hybridized carbons (Fsp3) is 0.692. The molecule has 0 spiro atoms. The molecule has 1 amide bonds. The second kappa shape index (κ2) is 7.54. The van der Waals surface area contributed by atoms with Crippen molar-refractivity contribution >= 4 is 11.9 Å². The van der Waals surface area contributed by atoms with Crippen LogP contribution in [-0.4, -0.2) is 69.4 Å². The van der Waals surface area contributed by atoms with Gasteiger partial charge in [0.25, 0.3) is 0 Å². The fourth-order valence-electron chi connectivity index (χ4n) is 1.94. The highest BCUT2D eigenvalue weighted by molar-refractivity contribution is 5.83. The molecule has 5 N–H and O–H groups in total. The third kappa shape index (κ3) is 4.17. The van der Waals surface area contributed by atoms with Gasteiger partial charge in [0, 0.05) is 5.92 Å². The number of ether oxygens (including phenoxy) is 1. The summed E-state index contributed by atoms with van der Waals surface area (Å²) in [5.41, 5.74) is 0. The van der Waals surface area contributed by atoms with Crippen molar-refractivity contribution in [2.45, 2.75) is 44.3 Å². The molecule has 1 aliphatic heterocycles. The number of hydrogen-bond acceptors (Lipinski definition) is 8. The molecule has 22 heavy (non-hydrogen) atoms. The van der Waals surface area contributed by atoms with E-state index in [-0.39, 0.29) is 0 Å². The summed E-state index contributed by atoms with van der Waals surface area (Å²) in [4.78, 5) is 22.6. The maximum absolute atomic E-state index is 11.8. The van der Waals surface area contributed by atoms with E-state index in [2.05, 4.69) is 5.32 Å². The van der Waals surface area contributed by atoms with Crippen LogP contribution < -0.4 is 10.4 Å². The van der Waals surface area contributed by atoms with Crippen LogP contribution in [0.3, 0.4) is 0 Å². The van der Waals surface area contributed by atoms with Gasteiger partial charge in [-0.1, -0.05) is 13.8 Å². The minimum Gasteiger partial charge on any atom is -0.542 e. The monoisotopic (exact) mass is 318 g/mol. The minimum absolute atomic E-state index is 0.431. The topological polar surface area (TPSA) is 159 Å². The number of nitrogens with one attached hydrogen (secondary N) is 1. The van der Waals surface area contributed by atoms with Gasteiger partial charge in [-0.25, -0.2) is 0 Å². The van der Waals surface area contributed by atoms with Crippen molar-refractivity contribution in [1.82, 2.24) is 5.32 Å². The number of carbonyl (C=O) groups excluding carboxylic acids is 2. The van der Waals surface area contributed by atoms with Crippen molar-refractivity contribution in [2.75, 3.05) is 6.61 Å². The first-order valence-corrected chi connectivity index (χ1v) is 6.74. The van der Waals surface area contributed by atoms with Crippen LogP contribution in [-0.2, 0) is 14.3 Å². The molecule has 1 aliphatic rings. The smallest absolute Gasteiger partial charge is 0.223 e. The predicted molar refractivity (Wildman–Crippen MR) is 69.8 cm³/mol. The van der Waals surface area contributed by atoms with Crippen LogP contribution in [0.15, 0.2) is 11.8 Å². The third-order valence-electron chi connectivity index (χ3n) is 3.26. The van der Waals surface area contributed by atoms with Crippen molar-refractivity contribution < 1.29 is 39.9 Å². The number of amides is 1. The summed E-state index contributed by atoms with van der Waals surface area (Å²) >= 11 is 0. The predicted octanol–water partition coefficient (Wildman–Crippen LogP) is -3.77. The zero-order valence-corrected chi connectivity index (χ0v) is 12.2. The number of aliphatic hydroxyl groups excluding tert-OH is 4. The molecule has 0 unspecified atom stereocenters. The molecule has 0 aromatic carbocycles. The minimum atomic E-state index is -1.74. The SMILES string of the molecule is CC(C)C(=O)N[C@H]1[C@H]([C@H](O)[C@H](O)CO)OC(C(=O)[O-])=C[C@@H]1O. The Hall–Kier alpha value is -1.68. The Morgan fingerprint density at radius 2 is 2.00 bits per heavy atom. The van der Waals surface area contributed by atoms with E-state index >= 15 is 0 Å². The molecule has 0 aromatic heterocycles. The Balaban J connectivity index is 3.06. The Labute approximate surface area is 126 Å². The highest BCUT2D eigenvalue weighted by Gasteiger charge is 2.42. The molecule has 1 heterocycles. The van der Waals surface area contributed by atoms with Crippen molar-refractivity contribution in [3.05, 3.63) is 11.8 Å². The van der Waals surface area contributed by atoms with E-state index in [0.717, 1.165) is 6.08 Å². The van der Waals surface area contributed by atoms with E-state index in [1.165, 1.54) is 0 Å². The van der Waals surface area contributed by atoms with E-state index < -0.39 is 60.6 Å². The molecule has 0 fully saturated rings. The summed E-state index contributed by atoms with van der Waals surface area (Å²) in [5.74, 6) is -3.34. The lowest BCUT2D eigenvalue weighted by Crippen LogP contribution is -2.61. The summed E-state index contributed by atoms with van der Waals surface area (Å²) in [6, 6.07) is -1.20. The number of aliphatic hydroxyl groups is 4. The molecular formula is C13H20NO8-. The second-order valence-electron chi connectivity index (χ2n) is 5.32. The van der Waals surface area contributed by atoms with Crippen LogP contribution in [0, 0.1) is 5.92 Å². The first kappa shape index (κ1) is 18.4. The van der Waals surface area contributed by atoms with Crippen molar-refractivity contribution in [2.24, 2.45) is 5.92 Å². The number of carboxylic acids is 1. The number of rotatable bonds is 6. The van der Waals surface area contributed by atoms with Gasteiger partial charge in [0.05, 0.1) is 18.8 Å². The molecule has 0 saturated carbocycles. The van der Waals surface area contributed by atoms with Gasteiger partial charge in [0.2, 0.25) is 5.91 Å². The van der Waals surface area contributed by atoms with E-state index in [4.69, 9.17) is 9.84 Å². The number of carbonyl (C=O) groups is 2. The Bertz CT molecular complexity index is 449. The van der Waals surface area contributed by atoms with Gasteiger partial charge < -0.3 is 40.4 Å². The molecule has 0 saturated heterocycles. The molecule has 9 nitrogen and oxygen atoms in total. The standard InChI is InChI=1S/C13H21NO8/c1-5(2)12(19)14-9-6(16)3-8(13(20)21)22-11(9)10(18)7(17)4-15/h3,5-7,9-11,15-18H,4H2,1-2H3,(H,14,19)(H,20,21)/p-1/t6-,7+,9+,10+,11+/m0/s1. The van der Waals surface area contributed by atoms with Gasteiger partial charge in [-0.2, -0.15) is 0 Å². The molecular weight excluding hydrogens is 298 g/mol. The summed E-state index contributed by atoms with van der Waals surface area (Å²) in [7, 11) is 0. The van der Waals surface area contributed by atoms with Gasteiger partial charge in [0.15, 0.2) is 6.10 Å². The van der Waals surface area contributed by atoms with Gasteiger partial charge in [-0.05, 0) is 6.08 Å². The van der Waals surface area contributed by atoms with Crippen molar-refractivity contribution in [1.29, 1.82) is 0 Å². The Morgan fingerprint density at radius 1 is 1.41 bits per heavy atom. The van der Waals surface area contributed by atoms with E-state index in [1.807, 2.05) is 0 Å². The Kier molecular flexibility index (Phi) is 6.30. The summed E-state index contributed by atoms with van der Waals surface area (Å²) in [6.07, 6.45) is -5.50. The average molecular weight is 318 g/mol. The average Bonchev–Trinajstić information content (AvgIpc) is 2.46. The van der Waals surface area contributed by atoms with Crippen LogP contribution in [0.25, 0.3) is 0 Å². The van der Waals surface area contributed by atoms with Gasteiger partial charge in [-0.3, -0.25) is 4.79 Å². The lowest BCUT2D eigenvalue weighted by molar-refractivity contribution is -0.305. The molecule has 0 radical (unpaired) electrons. The molecule has 1 rings (SSSR count). The first-order valence-electron chi connectivity index (χ1n) is 6.74. The van der Waals surface area contributed by atoms with Crippen molar-refractivity contribution in [3.63, 3.8) is 0 Å². The quantitative estimate of drug-likeness (QED) is 0.334. The lowest BCUT2D eigenvalue weighted by Gasteiger charge is -2.39. The lowest BCUT2D eigenvalue weighted by atomic mass is 9.93. The fourth-order valence-corrected chi connectivity index (χ4v) is 1.94. The van der Waals surface area contributed by atoms with Gasteiger partial charge in [0.1, 0.15) is 23.9 Å². The van der Waals surface area contributed by atoms with Crippen LogP contribution in [0.2, 0.25) is 0 Å². The number of hydrogen-bond donors (Lipinski definition) is 5. The van der Waals surface area contributed by atoms with Crippen LogP contribution >= 0.6 is 0 Å². The number of carboxylic acid groups (broad SMARTS) is 1. The molecule has 0 aliphatic carbocycles. The normalized spacial score (nSPS) is 27.6. The van der Waals surface area contributed by atoms with Gasteiger partial charge >= 0.3 is 0 Å². The molecule has 5 atom stereocenters. The number of aliphatic carboxylic acids is 1. The van der Waals surface area contributed by atoms with Crippen LogP contribution in [0.5, 0.6) is 0 Å². The van der Waals surface area contributed by atoms with Crippen LogP contribution in [0.4, 0.5) is 0 Å². The Morgan fingerprint density at radius 3 is 2.45 bits per heavy atom. The first-order chi connectivity index (χ1) is 10.2. The largest absolute Gasteiger partial charge is 0.542 e. The maximum atomic E-state index is 11.8.